The van der Waals surface area contributed by atoms with Gasteiger partial charge in [0.15, 0.2) is 5.96 Å². The molecule has 154 valence electrons. The Labute approximate surface area is 179 Å². The van der Waals surface area contributed by atoms with Crippen molar-refractivity contribution < 1.29 is 9.26 Å². The Balaban J connectivity index is 0.00000261. The number of aliphatic imine (C=N–C) groups is 1. The van der Waals surface area contributed by atoms with Crippen molar-refractivity contribution in [2.75, 3.05) is 66.6 Å². The average Bonchev–Trinajstić information content (AvgIpc) is 3.39. The Bertz CT molecular complexity index is 544. The first-order chi connectivity index (χ1) is 12.8. The van der Waals surface area contributed by atoms with Crippen molar-refractivity contribution in [1.29, 1.82) is 0 Å². The van der Waals surface area contributed by atoms with Gasteiger partial charge in [-0.2, -0.15) is 0 Å². The number of aromatic nitrogens is 1. The first-order valence-corrected chi connectivity index (χ1v) is 9.60. The van der Waals surface area contributed by atoms with Crippen LogP contribution in [0.2, 0.25) is 0 Å². The number of hydrogen-bond donors (Lipinski definition) is 1. The fourth-order valence-corrected chi connectivity index (χ4v) is 3.43. The molecule has 0 amide bonds. The van der Waals surface area contributed by atoms with Gasteiger partial charge in [0, 0.05) is 78.6 Å². The first-order valence-electron chi connectivity index (χ1n) is 9.60. The maximum Gasteiger partial charge on any atom is 0.193 e. The number of methoxy groups -OCH3 is 1. The summed E-state index contributed by atoms with van der Waals surface area (Å²) < 4.78 is 10.1. The zero-order chi connectivity index (χ0) is 18.2. The second kappa shape index (κ2) is 11.8. The molecule has 27 heavy (non-hydrogen) atoms. The van der Waals surface area contributed by atoms with E-state index in [0.29, 0.717) is 0 Å². The molecule has 2 fully saturated rings. The predicted molar refractivity (Wildman–Crippen MR) is 117 cm³/mol. The molecule has 1 aromatic rings. The highest BCUT2D eigenvalue weighted by molar-refractivity contribution is 14.0. The number of rotatable bonds is 9. The number of guanidine groups is 1. The van der Waals surface area contributed by atoms with E-state index in [4.69, 9.17) is 9.26 Å². The lowest BCUT2D eigenvalue weighted by Crippen LogP contribution is -2.53. The van der Waals surface area contributed by atoms with Gasteiger partial charge in [-0.1, -0.05) is 5.16 Å². The largest absolute Gasteiger partial charge is 0.383 e. The average molecular weight is 492 g/mol. The molecule has 1 aromatic heterocycles. The summed E-state index contributed by atoms with van der Waals surface area (Å²) in [6.07, 6.45) is 4.28. The predicted octanol–water partition coefficient (Wildman–Crippen LogP) is 1.10. The molecule has 1 saturated carbocycles. The smallest absolute Gasteiger partial charge is 0.193 e. The third kappa shape index (κ3) is 7.20. The van der Waals surface area contributed by atoms with Gasteiger partial charge in [0.2, 0.25) is 0 Å². The summed E-state index contributed by atoms with van der Waals surface area (Å²) in [5, 5.41) is 7.53. The van der Waals surface area contributed by atoms with Gasteiger partial charge in [-0.3, -0.25) is 14.8 Å². The van der Waals surface area contributed by atoms with Crippen LogP contribution in [0.4, 0.5) is 0 Å². The number of nitrogens with zero attached hydrogens (tertiary/aromatic N) is 5. The Morgan fingerprint density at radius 2 is 2.11 bits per heavy atom. The Hall–Kier alpha value is -0.910. The van der Waals surface area contributed by atoms with Gasteiger partial charge in [0.25, 0.3) is 0 Å². The lowest BCUT2D eigenvalue weighted by atomic mass is 10.3. The van der Waals surface area contributed by atoms with E-state index in [2.05, 4.69) is 30.2 Å². The van der Waals surface area contributed by atoms with Crippen LogP contribution in [0, 0.1) is 0 Å². The van der Waals surface area contributed by atoms with Crippen LogP contribution in [0.1, 0.15) is 18.5 Å². The molecule has 0 bridgehead atoms. The number of halogens is 1. The molecule has 0 aromatic carbocycles. The van der Waals surface area contributed by atoms with E-state index >= 15 is 0 Å². The van der Waals surface area contributed by atoms with E-state index in [1.165, 1.54) is 12.8 Å². The molecule has 9 heteroatoms. The molecule has 0 atom stereocenters. The number of ether oxygens (including phenoxy) is 1. The normalized spacial score (nSPS) is 18.6. The lowest BCUT2D eigenvalue weighted by Gasteiger charge is -2.36. The van der Waals surface area contributed by atoms with Gasteiger partial charge >= 0.3 is 0 Å². The van der Waals surface area contributed by atoms with Crippen LogP contribution in [0.25, 0.3) is 0 Å². The Morgan fingerprint density at radius 1 is 1.33 bits per heavy atom. The van der Waals surface area contributed by atoms with E-state index in [-0.39, 0.29) is 24.0 Å². The maximum atomic E-state index is 5.23. The summed E-state index contributed by atoms with van der Waals surface area (Å²) in [7, 11) is 3.64. The third-order valence-corrected chi connectivity index (χ3v) is 5.09. The highest BCUT2D eigenvalue weighted by Crippen LogP contribution is 2.25. The van der Waals surface area contributed by atoms with Crippen molar-refractivity contribution in [3.8, 4) is 0 Å². The minimum absolute atomic E-state index is 0. The molecule has 0 spiro atoms. The number of piperazine rings is 1. The van der Waals surface area contributed by atoms with Crippen molar-refractivity contribution in [1.82, 2.24) is 25.2 Å². The number of hydrogen-bond acceptors (Lipinski definition) is 6. The third-order valence-electron chi connectivity index (χ3n) is 5.09. The fourth-order valence-electron chi connectivity index (χ4n) is 3.43. The van der Waals surface area contributed by atoms with Crippen molar-refractivity contribution in [3.63, 3.8) is 0 Å². The maximum absolute atomic E-state index is 5.23. The molecule has 1 aliphatic carbocycles. The molecule has 1 saturated heterocycles. The number of nitrogens with one attached hydrogen (secondary N) is 1. The molecule has 1 aliphatic heterocycles. The van der Waals surface area contributed by atoms with Gasteiger partial charge < -0.3 is 19.5 Å². The van der Waals surface area contributed by atoms with Crippen LogP contribution in [-0.4, -0.2) is 98.4 Å². The highest BCUT2D eigenvalue weighted by Gasteiger charge is 2.28. The molecule has 1 N–H and O–H groups in total. The van der Waals surface area contributed by atoms with Crippen LogP contribution in [0.3, 0.4) is 0 Å². The van der Waals surface area contributed by atoms with Crippen LogP contribution in [0.15, 0.2) is 21.8 Å². The molecule has 8 nitrogen and oxygen atoms in total. The van der Waals surface area contributed by atoms with Crippen molar-refractivity contribution in [3.05, 3.63) is 18.0 Å². The van der Waals surface area contributed by atoms with Crippen LogP contribution in [-0.2, 0) is 11.3 Å². The standard InChI is InChI=1S/C18H32N6O2.HI/c1-19-18(20-6-7-23(12-14-25-2)17-3-4-17)24-10-8-22(9-11-24)15-16-5-13-26-21-16;/h5,13,17H,3-4,6-12,14-15H2,1-2H3,(H,19,20);1H. The van der Waals surface area contributed by atoms with Crippen LogP contribution in [0.5, 0.6) is 0 Å². The lowest BCUT2D eigenvalue weighted by molar-refractivity contribution is 0.144. The molecular formula is C18H33IN6O2. The second-order valence-electron chi connectivity index (χ2n) is 6.99. The van der Waals surface area contributed by atoms with E-state index in [1.807, 2.05) is 13.1 Å². The summed E-state index contributed by atoms with van der Waals surface area (Å²) in [6.45, 7) is 8.62. The molecular weight excluding hydrogens is 459 g/mol. The molecule has 3 rings (SSSR count). The van der Waals surface area contributed by atoms with Crippen molar-refractivity contribution in [2.24, 2.45) is 4.99 Å². The van der Waals surface area contributed by atoms with E-state index < -0.39 is 0 Å². The second-order valence-corrected chi connectivity index (χ2v) is 6.99. The minimum Gasteiger partial charge on any atom is -0.383 e. The topological polar surface area (TPSA) is 69.4 Å². The zero-order valence-electron chi connectivity index (χ0n) is 16.5. The van der Waals surface area contributed by atoms with Crippen LogP contribution >= 0.6 is 24.0 Å². The fraction of sp³-hybridized carbons (Fsp3) is 0.778. The summed E-state index contributed by atoms with van der Waals surface area (Å²) in [5.74, 6) is 1.01. The minimum atomic E-state index is 0. The first kappa shape index (κ1) is 22.4. The summed E-state index contributed by atoms with van der Waals surface area (Å²) in [6, 6.07) is 2.69. The monoisotopic (exact) mass is 492 g/mol. The van der Waals surface area contributed by atoms with Gasteiger partial charge in [0.1, 0.15) is 6.26 Å². The summed E-state index contributed by atoms with van der Waals surface area (Å²) in [5.41, 5.74) is 0.997. The Morgan fingerprint density at radius 3 is 2.70 bits per heavy atom. The molecule has 2 heterocycles. The van der Waals surface area contributed by atoms with Crippen LogP contribution < -0.4 is 5.32 Å². The van der Waals surface area contributed by atoms with Gasteiger partial charge in [0.05, 0.1) is 12.3 Å². The summed E-state index contributed by atoms with van der Waals surface area (Å²) >= 11 is 0. The Kier molecular flexibility index (Phi) is 9.80. The van der Waals surface area contributed by atoms with E-state index in [1.54, 1.807) is 13.4 Å². The van der Waals surface area contributed by atoms with Gasteiger partial charge in [-0.05, 0) is 12.8 Å². The quantitative estimate of drug-likeness (QED) is 0.315. The molecule has 0 unspecified atom stereocenters. The van der Waals surface area contributed by atoms with Gasteiger partial charge in [-0.15, -0.1) is 24.0 Å². The zero-order valence-corrected chi connectivity index (χ0v) is 18.8. The SMILES string of the molecule is CN=C(NCCN(CCOC)C1CC1)N1CCN(Cc2ccon2)CC1.I. The summed E-state index contributed by atoms with van der Waals surface area (Å²) in [4.78, 5) is 11.7. The van der Waals surface area contributed by atoms with Crippen molar-refractivity contribution in [2.45, 2.75) is 25.4 Å². The molecule has 2 aliphatic rings. The highest BCUT2D eigenvalue weighted by atomic mass is 127. The van der Waals surface area contributed by atoms with E-state index in [9.17, 15) is 0 Å². The van der Waals surface area contributed by atoms with Crippen molar-refractivity contribution >= 4 is 29.9 Å². The molecule has 0 radical (unpaired) electrons. The van der Waals surface area contributed by atoms with E-state index in [0.717, 1.165) is 76.7 Å². The van der Waals surface area contributed by atoms with Gasteiger partial charge in [-0.25, -0.2) is 0 Å².